The molecule has 3 N–H and O–H groups in total. The van der Waals surface area contributed by atoms with E-state index >= 15 is 0 Å². The number of aromatic amines is 1. The van der Waals surface area contributed by atoms with Crippen molar-refractivity contribution < 1.29 is 4.79 Å². The minimum Gasteiger partial charge on any atom is -0.337 e. The second-order valence-electron chi connectivity index (χ2n) is 6.02. The summed E-state index contributed by atoms with van der Waals surface area (Å²) in [5, 5.41) is 8.89. The van der Waals surface area contributed by atoms with Crippen molar-refractivity contribution in [1.29, 1.82) is 0 Å². The Hall–Kier alpha value is -1.89. The monoisotopic (exact) mass is 360 g/mol. The number of carbonyl (C=O) groups excluding carboxylic acids is 1. The van der Waals surface area contributed by atoms with Crippen molar-refractivity contribution in [1.82, 2.24) is 15.1 Å². The smallest absolute Gasteiger partial charge is 0.236 e. The Bertz CT molecular complexity index is 932. The molecule has 0 atom stereocenters. The first-order valence-corrected chi connectivity index (χ1v) is 9.00. The number of amides is 1. The lowest BCUT2D eigenvalue weighted by molar-refractivity contribution is -0.130. The van der Waals surface area contributed by atoms with E-state index in [1.807, 2.05) is 24.2 Å². The fourth-order valence-corrected chi connectivity index (χ4v) is 4.91. The van der Waals surface area contributed by atoms with Crippen molar-refractivity contribution in [3.63, 3.8) is 0 Å². The van der Waals surface area contributed by atoms with Gasteiger partial charge in [0.05, 0.1) is 22.5 Å². The number of aryl methyl sites for hydroxylation is 1. The number of thiophene rings is 1. The van der Waals surface area contributed by atoms with Crippen LogP contribution in [0.25, 0.3) is 21.2 Å². The largest absolute Gasteiger partial charge is 0.337 e. The highest BCUT2D eigenvalue weighted by Crippen LogP contribution is 2.45. The molecule has 0 unspecified atom stereocenters. The summed E-state index contributed by atoms with van der Waals surface area (Å²) in [5.41, 5.74) is 9.93. The molecule has 0 spiro atoms. The number of hydrogen-bond acceptors (Lipinski definition) is 4. The summed E-state index contributed by atoms with van der Waals surface area (Å²) in [6, 6.07) is 2.10. The Balaban J connectivity index is 1.96. The number of H-pyrrole nitrogens is 1. The Kier molecular flexibility index (Phi) is 3.83. The fourth-order valence-electron chi connectivity index (χ4n) is 3.33. The summed E-state index contributed by atoms with van der Waals surface area (Å²) in [6.07, 6.45) is 4.55. The van der Waals surface area contributed by atoms with Gasteiger partial charge in [-0.05, 0) is 36.1 Å². The molecule has 4 rings (SSSR count). The fraction of sp³-hybridized carbons (Fsp3) is 0.294. The first kappa shape index (κ1) is 15.6. The first-order valence-electron chi connectivity index (χ1n) is 7.80. The molecule has 0 aliphatic carbocycles. The average Bonchev–Trinajstić information content (AvgIpc) is 3.24. The third-order valence-electron chi connectivity index (χ3n) is 4.56. The van der Waals surface area contributed by atoms with Crippen LogP contribution in [0.1, 0.15) is 16.0 Å². The summed E-state index contributed by atoms with van der Waals surface area (Å²) < 4.78 is 1.10. The number of nitrogens with zero attached hydrogens (tertiary/aromatic N) is 2. The highest BCUT2D eigenvalue weighted by molar-refractivity contribution is 7.20. The van der Waals surface area contributed by atoms with Crippen LogP contribution in [0.2, 0.25) is 5.02 Å². The van der Waals surface area contributed by atoms with Crippen molar-refractivity contribution in [2.75, 3.05) is 13.1 Å². The van der Waals surface area contributed by atoms with E-state index in [-0.39, 0.29) is 12.5 Å². The van der Waals surface area contributed by atoms with Crippen molar-refractivity contribution in [3.05, 3.63) is 39.5 Å². The molecule has 24 heavy (non-hydrogen) atoms. The lowest BCUT2D eigenvalue weighted by atomic mass is 9.96. The standard InChI is InChI=1S/C17H17ClN4OS/c1-9-4-11(10-6-20-21-7-10)15-12-8-22(14(23)5-19)3-2-13(12)24-17(15)16(9)18/h4,6-7H,2-3,5,8,19H2,1H3,(H,20,21). The summed E-state index contributed by atoms with van der Waals surface area (Å²) in [5.74, 6) is -0.0110. The first-order chi connectivity index (χ1) is 11.6. The summed E-state index contributed by atoms with van der Waals surface area (Å²) >= 11 is 8.33. The van der Waals surface area contributed by atoms with Crippen LogP contribution in [0.3, 0.4) is 0 Å². The topological polar surface area (TPSA) is 75.0 Å². The van der Waals surface area contributed by atoms with E-state index in [1.54, 1.807) is 11.3 Å². The number of nitrogens with two attached hydrogens (primary N) is 1. The van der Waals surface area contributed by atoms with Gasteiger partial charge in [0.15, 0.2) is 0 Å². The van der Waals surface area contributed by atoms with Crippen LogP contribution in [0.5, 0.6) is 0 Å². The van der Waals surface area contributed by atoms with Crippen LogP contribution in [0.4, 0.5) is 0 Å². The van der Waals surface area contributed by atoms with E-state index in [2.05, 4.69) is 16.3 Å². The lowest BCUT2D eigenvalue weighted by Gasteiger charge is -2.27. The maximum atomic E-state index is 12.0. The summed E-state index contributed by atoms with van der Waals surface area (Å²) in [6.45, 7) is 3.38. The molecule has 1 amide bonds. The van der Waals surface area contributed by atoms with Crippen LogP contribution in [0, 0.1) is 6.92 Å². The number of benzene rings is 1. The van der Waals surface area contributed by atoms with Crippen molar-refractivity contribution >= 4 is 38.9 Å². The zero-order chi connectivity index (χ0) is 16.8. The Labute approximate surface area is 148 Å². The molecule has 5 nitrogen and oxygen atoms in total. The third kappa shape index (κ3) is 2.33. The highest BCUT2D eigenvalue weighted by Gasteiger charge is 2.26. The third-order valence-corrected chi connectivity index (χ3v) is 6.47. The molecule has 0 saturated heterocycles. The van der Waals surface area contributed by atoms with Gasteiger partial charge in [-0.3, -0.25) is 9.89 Å². The second-order valence-corrected chi connectivity index (χ2v) is 7.50. The van der Waals surface area contributed by atoms with Crippen LogP contribution in [-0.2, 0) is 17.8 Å². The highest BCUT2D eigenvalue weighted by atomic mass is 35.5. The minimum absolute atomic E-state index is 0.0110. The molecular weight excluding hydrogens is 344 g/mol. The van der Waals surface area contributed by atoms with Crippen LogP contribution in [0.15, 0.2) is 18.5 Å². The summed E-state index contributed by atoms with van der Waals surface area (Å²) in [7, 11) is 0. The van der Waals surface area contributed by atoms with Gasteiger partial charge in [-0.1, -0.05) is 11.6 Å². The maximum Gasteiger partial charge on any atom is 0.236 e. The van der Waals surface area contributed by atoms with Crippen LogP contribution >= 0.6 is 22.9 Å². The van der Waals surface area contributed by atoms with Crippen LogP contribution < -0.4 is 5.73 Å². The number of aromatic nitrogens is 2. The predicted molar refractivity (Wildman–Crippen MR) is 97.3 cm³/mol. The van der Waals surface area contributed by atoms with E-state index in [9.17, 15) is 4.79 Å². The number of nitrogens with one attached hydrogen (secondary N) is 1. The molecule has 1 aliphatic rings. The lowest BCUT2D eigenvalue weighted by Crippen LogP contribution is -2.39. The van der Waals surface area contributed by atoms with Gasteiger partial charge in [0.1, 0.15) is 0 Å². The molecular formula is C17H17ClN4OS. The molecule has 2 aromatic heterocycles. The molecule has 3 aromatic rings. The van der Waals surface area contributed by atoms with Gasteiger partial charge in [0.25, 0.3) is 0 Å². The van der Waals surface area contributed by atoms with E-state index in [1.165, 1.54) is 10.4 Å². The van der Waals surface area contributed by atoms with Gasteiger partial charge in [-0.15, -0.1) is 11.3 Å². The molecule has 124 valence electrons. The van der Waals surface area contributed by atoms with Gasteiger partial charge in [-0.2, -0.15) is 5.10 Å². The summed E-state index contributed by atoms with van der Waals surface area (Å²) in [4.78, 5) is 15.2. The number of fused-ring (bicyclic) bond motifs is 3. The number of halogens is 1. The quantitative estimate of drug-likeness (QED) is 0.737. The van der Waals surface area contributed by atoms with Crippen molar-refractivity contribution in [3.8, 4) is 11.1 Å². The average molecular weight is 361 g/mol. The van der Waals surface area contributed by atoms with E-state index in [0.29, 0.717) is 13.1 Å². The zero-order valence-electron chi connectivity index (χ0n) is 13.2. The Morgan fingerprint density at radius 1 is 1.54 bits per heavy atom. The van der Waals surface area contributed by atoms with Gasteiger partial charge < -0.3 is 10.6 Å². The number of carbonyl (C=O) groups is 1. The SMILES string of the molecule is Cc1cc(-c2cn[nH]c2)c2c3c(sc2c1Cl)CCN(C(=O)CN)C3. The van der Waals surface area contributed by atoms with Crippen molar-refractivity contribution in [2.24, 2.45) is 5.73 Å². The molecule has 0 fully saturated rings. The number of hydrogen-bond donors (Lipinski definition) is 2. The van der Waals surface area contributed by atoms with Gasteiger partial charge in [0.2, 0.25) is 5.91 Å². The predicted octanol–water partition coefficient (Wildman–Crippen LogP) is 3.10. The van der Waals surface area contributed by atoms with Crippen LogP contribution in [-0.4, -0.2) is 34.1 Å². The van der Waals surface area contributed by atoms with Gasteiger partial charge in [-0.25, -0.2) is 0 Å². The Morgan fingerprint density at radius 2 is 2.38 bits per heavy atom. The van der Waals surface area contributed by atoms with E-state index < -0.39 is 0 Å². The maximum absolute atomic E-state index is 12.0. The van der Waals surface area contributed by atoms with E-state index in [0.717, 1.165) is 38.2 Å². The normalized spacial score (nSPS) is 14.2. The molecule has 1 aromatic carbocycles. The number of rotatable bonds is 2. The zero-order valence-corrected chi connectivity index (χ0v) is 14.8. The molecule has 7 heteroatoms. The van der Waals surface area contributed by atoms with Gasteiger partial charge in [0, 0.05) is 35.1 Å². The van der Waals surface area contributed by atoms with E-state index in [4.69, 9.17) is 17.3 Å². The minimum atomic E-state index is -0.0110. The molecule has 0 radical (unpaired) electrons. The van der Waals surface area contributed by atoms with Crippen molar-refractivity contribution in [2.45, 2.75) is 19.9 Å². The molecule has 0 bridgehead atoms. The molecule has 1 aliphatic heterocycles. The second kappa shape index (κ2) is 5.88. The molecule has 3 heterocycles. The van der Waals surface area contributed by atoms with Gasteiger partial charge >= 0.3 is 0 Å². The molecule has 0 saturated carbocycles. The Morgan fingerprint density at radius 3 is 3.08 bits per heavy atom.